The highest BCUT2D eigenvalue weighted by atomic mass is 16.5. The molecule has 0 bridgehead atoms. The number of anilines is 1. The summed E-state index contributed by atoms with van der Waals surface area (Å²) in [5.41, 5.74) is 1.95. The predicted molar refractivity (Wildman–Crippen MR) is 120 cm³/mol. The minimum atomic E-state index is -0.821. The second-order valence-corrected chi connectivity index (χ2v) is 7.22. The van der Waals surface area contributed by atoms with Crippen molar-refractivity contribution in [1.82, 2.24) is 5.32 Å². The summed E-state index contributed by atoms with van der Waals surface area (Å²) < 4.78 is 10.6. The summed E-state index contributed by atoms with van der Waals surface area (Å²) in [6, 6.07) is 16.0. The van der Waals surface area contributed by atoms with Crippen molar-refractivity contribution in [3.63, 3.8) is 0 Å². The number of amides is 4. The topological polar surface area (TPSA) is 106 Å². The number of nitrogens with zero attached hydrogens (tertiary/aromatic N) is 1. The van der Waals surface area contributed by atoms with Gasteiger partial charge in [-0.3, -0.25) is 14.9 Å². The maximum absolute atomic E-state index is 13.0. The maximum Gasteiger partial charge on any atom is 0.338 e. The van der Waals surface area contributed by atoms with Crippen molar-refractivity contribution in [2.24, 2.45) is 0 Å². The first-order chi connectivity index (χ1) is 15.9. The van der Waals surface area contributed by atoms with Gasteiger partial charge < -0.3 is 9.15 Å². The summed E-state index contributed by atoms with van der Waals surface area (Å²) in [5.74, 6) is -1.54. The van der Waals surface area contributed by atoms with E-state index in [1.165, 1.54) is 13.2 Å². The fourth-order valence-electron chi connectivity index (χ4n) is 3.48. The number of imide groups is 2. The number of esters is 1. The summed E-state index contributed by atoms with van der Waals surface area (Å²) in [7, 11) is 1.28. The molecule has 1 aromatic heterocycles. The maximum atomic E-state index is 13.0. The first-order valence-electron chi connectivity index (χ1n) is 10.2. The first-order valence-corrected chi connectivity index (χ1v) is 10.2. The Labute approximate surface area is 189 Å². The molecule has 0 spiro atoms. The smallest absolute Gasteiger partial charge is 0.338 e. The van der Waals surface area contributed by atoms with Crippen molar-refractivity contribution in [3.05, 3.63) is 83.1 Å². The van der Waals surface area contributed by atoms with Crippen LogP contribution in [0.4, 0.5) is 10.5 Å². The van der Waals surface area contributed by atoms with Gasteiger partial charge in [-0.1, -0.05) is 37.3 Å². The molecule has 4 amide bonds. The van der Waals surface area contributed by atoms with Crippen LogP contribution in [0.25, 0.3) is 17.4 Å². The van der Waals surface area contributed by atoms with E-state index in [1.54, 1.807) is 48.5 Å². The van der Waals surface area contributed by atoms with Gasteiger partial charge in [-0.2, -0.15) is 0 Å². The summed E-state index contributed by atoms with van der Waals surface area (Å²) in [6.07, 6.45) is 2.08. The number of furan rings is 1. The molecule has 1 aliphatic rings. The Morgan fingerprint density at radius 3 is 2.45 bits per heavy atom. The molecule has 0 saturated carbocycles. The highest BCUT2D eigenvalue weighted by Gasteiger charge is 2.37. The molecule has 0 unspecified atom stereocenters. The number of carbonyl (C=O) groups excluding carboxylic acids is 4. The van der Waals surface area contributed by atoms with E-state index in [1.807, 2.05) is 19.1 Å². The normalized spacial score (nSPS) is 15.0. The molecule has 1 saturated heterocycles. The SMILES string of the molecule is CCc1ccc(N2C(=O)NC(=O)/C(=C/c3ccc(-c4ccccc4C(=O)OC)o3)C2=O)cc1. The Bertz CT molecular complexity index is 1290. The molecule has 1 N–H and O–H groups in total. The van der Waals surface area contributed by atoms with Gasteiger partial charge in [0.1, 0.15) is 17.1 Å². The predicted octanol–water partition coefficient (Wildman–Crippen LogP) is 3.96. The molecule has 0 radical (unpaired) electrons. The lowest BCUT2D eigenvalue weighted by Crippen LogP contribution is -2.54. The zero-order chi connectivity index (χ0) is 23.5. The largest absolute Gasteiger partial charge is 0.465 e. The van der Waals surface area contributed by atoms with Gasteiger partial charge >= 0.3 is 12.0 Å². The fourth-order valence-corrected chi connectivity index (χ4v) is 3.48. The molecule has 8 nitrogen and oxygen atoms in total. The van der Waals surface area contributed by atoms with E-state index in [0.717, 1.165) is 16.9 Å². The summed E-state index contributed by atoms with van der Waals surface area (Å²) in [5, 5.41) is 2.18. The third-order valence-corrected chi connectivity index (χ3v) is 5.22. The highest BCUT2D eigenvalue weighted by Crippen LogP contribution is 2.28. The molecule has 2 heterocycles. The van der Waals surface area contributed by atoms with Gasteiger partial charge in [-0.25, -0.2) is 14.5 Å². The number of rotatable bonds is 5. The number of hydrogen-bond donors (Lipinski definition) is 1. The van der Waals surface area contributed by atoms with Crippen molar-refractivity contribution in [3.8, 4) is 11.3 Å². The molecule has 1 fully saturated rings. The van der Waals surface area contributed by atoms with Gasteiger partial charge in [0.25, 0.3) is 11.8 Å². The van der Waals surface area contributed by atoms with Gasteiger partial charge in [0, 0.05) is 5.56 Å². The molecule has 0 aliphatic carbocycles. The average molecular weight is 444 g/mol. The minimum absolute atomic E-state index is 0.207. The third kappa shape index (κ3) is 4.18. The monoisotopic (exact) mass is 444 g/mol. The number of methoxy groups -OCH3 is 1. The number of hydrogen-bond acceptors (Lipinski definition) is 6. The number of urea groups is 1. The first kappa shape index (κ1) is 21.8. The fraction of sp³-hybridized carbons (Fsp3) is 0.120. The average Bonchev–Trinajstić information content (AvgIpc) is 3.30. The molecule has 33 heavy (non-hydrogen) atoms. The summed E-state index contributed by atoms with van der Waals surface area (Å²) in [4.78, 5) is 50.8. The Kier molecular flexibility index (Phi) is 5.91. The quantitative estimate of drug-likeness (QED) is 0.363. The van der Waals surface area contributed by atoms with Crippen molar-refractivity contribution < 1.29 is 28.3 Å². The van der Waals surface area contributed by atoms with Crippen LogP contribution in [0.1, 0.15) is 28.6 Å². The van der Waals surface area contributed by atoms with Crippen molar-refractivity contribution >= 4 is 35.6 Å². The van der Waals surface area contributed by atoms with Crippen LogP contribution in [0.2, 0.25) is 0 Å². The summed E-state index contributed by atoms with van der Waals surface area (Å²) >= 11 is 0. The Morgan fingerprint density at radius 1 is 1.03 bits per heavy atom. The second kappa shape index (κ2) is 8.96. The molecular formula is C25H20N2O6. The number of aryl methyl sites for hydroxylation is 1. The molecule has 0 atom stereocenters. The van der Waals surface area contributed by atoms with E-state index in [2.05, 4.69) is 5.32 Å². The zero-order valence-corrected chi connectivity index (χ0v) is 18.0. The minimum Gasteiger partial charge on any atom is -0.465 e. The van der Waals surface area contributed by atoms with Gasteiger partial charge in [0.2, 0.25) is 0 Å². The van der Waals surface area contributed by atoms with E-state index >= 15 is 0 Å². The van der Waals surface area contributed by atoms with Crippen LogP contribution < -0.4 is 10.2 Å². The van der Waals surface area contributed by atoms with Crippen molar-refractivity contribution in [1.29, 1.82) is 0 Å². The molecular weight excluding hydrogens is 424 g/mol. The van der Waals surface area contributed by atoms with Crippen molar-refractivity contribution in [2.75, 3.05) is 12.0 Å². The molecule has 3 aromatic rings. The van der Waals surface area contributed by atoms with Crippen LogP contribution >= 0.6 is 0 Å². The van der Waals surface area contributed by atoms with E-state index in [4.69, 9.17) is 9.15 Å². The zero-order valence-electron chi connectivity index (χ0n) is 18.0. The standard InChI is InChI=1S/C25H20N2O6/c1-3-15-8-10-16(11-9-15)27-23(29)20(22(28)26-25(27)31)14-17-12-13-21(33-17)18-6-4-5-7-19(18)24(30)32-2/h4-14H,3H2,1-2H3,(H,26,28,31)/b20-14-. The second-order valence-electron chi connectivity index (χ2n) is 7.22. The number of barbiturate groups is 1. The lowest BCUT2D eigenvalue weighted by Gasteiger charge is -2.26. The molecule has 8 heteroatoms. The van der Waals surface area contributed by atoms with Gasteiger partial charge in [0.15, 0.2) is 0 Å². The lowest BCUT2D eigenvalue weighted by molar-refractivity contribution is -0.122. The van der Waals surface area contributed by atoms with Gasteiger partial charge in [0.05, 0.1) is 18.4 Å². The van der Waals surface area contributed by atoms with Crippen LogP contribution in [0.3, 0.4) is 0 Å². The Morgan fingerprint density at radius 2 is 1.76 bits per heavy atom. The molecule has 1 aliphatic heterocycles. The molecule has 4 rings (SSSR count). The number of benzene rings is 2. The van der Waals surface area contributed by atoms with Crippen LogP contribution in [0, 0.1) is 0 Å². The molecule has 166 valence electrons. The van der Waals surface area contributed by atoms with Gasteiger partial charge in [-0.05, 0) is 48.4 Å². The Balaban J connectivity index is 1.67. The van der Waals surface area contributed by atoms with E-state index < -0.39 is 23.8 Å². The lowest BCUT2D eigenvalue weighted by atomic mass is 10.1. The van der Waals surface area contributed by atoms with E-state index in [9.17, 15) is 19.2 Å². The van der Waals surface area contributed by atoms with Crippen LogP contribution in [-0.4, -0.2) is 30.9 Å². The van der Waals surface area contributed by atoms with Crippen LogP contribution in [-0.2, 0) is 20.7 Å². The van der Waals surface area contributed by atoms with Crippen LogP contribution in [0.15, 0.2) is 70.7 Å². The summed E-state index contributed by atoms with van der Waals surface area (Å²) in [6.45, 7) is 1.99. The van der Waals surface area contributed by atoms with E-state index in [0.29, 0.717) is 22.6 Å². The van der Waals surface area contributed by atoms with Gasteiger partial charge in [-0.15, -0.1) is 0 Å². The molecule has 2 aromatic carbocycles. The number of nitrogens with one attached hydrogen (secondary N) is 1. The third-order valence-electron chi connectivity index (χ3n) is 5.22. The number of carbonyl (C=O) groups is 4. The van der Waals surface area contributed by atoms with E-state index in [-0.39, 0.29) is 11.3 Å². The Hall–Kier alpha value is -4.46. The van der Waals surface area contributed by atoms with Crippen LogP contribution in [0.5, 0.6) is 0 Å². The highest BCUT2D eigenvalue weighted by molar-refractivity contribution is 6.39. The number of ether oxygens (including phenoxy) is 1. The van der Waals surface area contributed by atoms with Crippen molar-refractivity contribution in [2.45, 2.75) is 13.3 Å².